The van der Waals surface area contributed by atoms with Gasteiger partial charge >= 0.3 is 6.18 Å². The van der Waals surface area contributed by atoms with Crippen molar-refractivity contribution in [1.29, 1.82) is 0 Å². The molecule has 1 fully saturated rings. The third kappa shape index (κ3) is 4.27. The highest BCUT2D eigenvalue weighted by atomic mass is 35.5. The molecule has 2 aromatic heterocycles. The van der Waals surface area contributed by atoms with Crippen molar-refractivity contribution in [1.82, 2.24) is 9.97 Å². The van der Waals surface area contributed by atoms with Crippen molar-refractivity contribution in [2.45, 2.75) is 11.1 Å². The molecule has 3 heterocycles. The SMILES string of the molecule is CS(=O)(=O)c1cccnc1N1CCN(c2ncc(C(F)(F)F)cc2Cl)CC1. The fraction of sp³-hybridized carbons (Fsp3) is 0.375. The lowest BCUT2D eigenvalue weighted by atomic mass is 10.2. The molecule has 27 heavy (non-hydrogen) atoms. The number of pyridine rings is 2. The quantitative estimate of drug-likeness (QED) is 0.760. The number of hydrogen-bond donors (Lipinski definition) is 0. The molecule has 0 unspecified atom stereocenters. The van der Waals surface area contributed by atoms with E-state index in [0.717, 1.165) is 18.5 Å². The van der Waals surface area contributed by atoms with E-state index in [1.54, 1.807) is 11.0 Å². The Morgan fingerprint density at radius 3 is 2.19 bits per heavy atom. The van der Waals surface area contributed by atoms with Crippen molar-refractivity contribution in [3.63, 3.8) is 0 Å². The molecule has 0 amide bonds. The molecule has 1 aliphatic heterocycles. The molecule has 0 N–H and O–H groups in total. The van der Waals surface area contributed by atoms with Crippen LogP contribution in [-0.2, 0) is 16.0 Å². The Morgan fingerprint density at radius 1 is 1.07 bits per heavy atom. The van der Waals surface area contributed by atoms with Gasteiger partial charge in [0.15, 0.2) is 9.84 Å². The first-order chi connectivity index (χ1) is 12.6. The zero-order valence-corrected chi connectivity index (χ0v) is 15.8. The lowest BCUT2D eigenvalue weighted by Gasteiger charge is -2.36. The minimum absolute atomic E-state index is 0.0760. The number of rotatable bonds is 3. The van der Waals surface area contributed by atoms with Gasteiger partial charge in [0, 0.05) is 44.8 Å². The van der Waals surface area contributed by atoms with Gasteiger partial charge in [0.1, 0.15) is 16.5 Å². The van der Waals surface area contributed by atoms with E-state index in [0.29, 0.717) is 32.0 Å². The number of alkyl halides is 3. The zero-order chi connectivity index (χ0) is 19.8. The molecule has 11 heteroatoms. The average Bonchev–Trinajstić information content (AvgIpc) is 2.60. The van der Waals surface area contributed by atoms with Crippen LogP contribution in [0.2, 0.25) is 5.02 Å². The number of anilines is 2. The molecule has 0 atom stereocenters. The Kier molecular flexibility index (Phi) is 5.22. The Balaban J connectivity index is 1.77. The topological polar surface area (TPSA) is 66.4 Å². The molecule has 0 aromatic carbocycles. The summed E-state index contributed by atoms with van der Waals surface area (Å²) in [6, 6.07) is 3.91. The van der Waals surface area contributed by atoms with Gasteiger partial charge in [-0.25, -0.2) is 18.4 Å². The first-order valence-electron chi connectivity index (χ1n) is 7.95. The lowest BCUT2D eigenvalue weighted by molar-refractivity contribution is -0.137. The number of hydrogen-bond acceptors (Lipinski definition) is 6. The van der Waals surface area contributed by atoms with E-state index in [1.165, 1.54) is 12.3 Å². The van der Waals surface area contributed by atoms with Crippen LogP contribution in [0.1, 0.15) is 5.56 Å². The molecule has 146 valence electrons. The van der Waals surface area contributed by atoms with E-state index in [1.807, 2.05) is 4.90 Å². The molecule has 0 spiro atoms. The van der Waals surface area contributed by atoms with E-state index in [4.69, 9.17) is 11.6 Å². The number of sulfone groups is 1. The van der Waals surface area contributed by atoms with Gasteiger partial charge in [0.25, 0.3) is 0 Å². The molecule has 0 radical (unpaired) electrons. The molecule has 1 saturated heterocycles. The van der Waals surface area contributed by atoms with Crippen molar-refractivity contribution >= 4 is 33.1 Å². The van der Waals surface area contributed by atoms with Crippen molar-refractivity contribution in [3.05, 3.63) is 41.2 Å². The monoisotopic (exact) mass is 420 g/mol. The van der Waals surface area contributed by atoms with Crippen LogP contribution in [0.15, 0.2) is 35.5 Å². The summed E-state index contributed by atoms with van der Waals surface area (Å²) in [7, 11) is -3.43. The predicted octanol–water partition coefficient (Wildman–Crippen LogP) is 2.88. The molecule has 1 aliphatic rings. The number of aromatic nitrogens is 2. The smallest absolute Gasteiger partial charge is 0.352 e. The van der Waals surface area contributed by atoms with Crippen LogP contribution in [-0.4, -0.2) is 50.8 Å². The number of nitrogens with zero attached hydrogens (tertiary/aromatic N) is 4. The van der Waals surface area contributed by atoms with E-state index in [2.05, 4.69) is 9.97 Å². The van der Waals surface area contributed by atoms with Gasteiger partial charge in [0.05, 0.1) is 10.6 Å². The normalized spacial score (nSPS) is 15.9. The predicted molar refractivity (Wildman–Crippen MR) is 96.0 cm³/mol. The summed E-state index contributed by atoms with van der Waals surface area (Å²) in [6.45, 7) is 1.69. The number of halogens is 4. The standard InChI is InChI=1S/C16H16ClF3N4O2S/c1-27(25,26)13-3-2-4-21-15(13)24-7-5-23(6-8-24)14-12(17)9-11(10-22-14)16(18,19)20/h2-4,9-10H,5-8H2,1H3. The minimum Gasteiger partial charge on any atom is -0.352 e. The molecule has 6 nitrogen and oxygen atoms in total. The van der Waals surface area contributed by atoms with Gasteiger partial charge in [-0.3, -0.25) is 0 Å². The van der Waals surface area contributed by atoms with Crippen LogP contribution < -0.4 is 9.80 Å². The van der Waals surface area contributed by atoms with E-state index in [9.17, 15) is 21.6 Å². The third-order valence-corrected chi connectivity index (χ3v) is 5.57. The van der Waals surface area contributed by atoms with Crippen molar-refractivity contribution in [2.24, 2.45) is 0 Å². The van der Waals surface area contributed by atoms with Crippen LogP contribution in [0.25, 0.3) is 0 Å². The first-order valence-corrected chi connectivity index (χ1v) is 10.2. The van der Waals surface area contributed by atoms with Gasteiger partial charge < -0.3 is 9.80 Å². The van der Waals surface area contributed by atoms with Gasteiger partial charge in [-0.1, -0.05) is 11.6 Å². The van der Waals surface area contributed by atoms with Crippen LogP contribution >= 0.6 is 11.6 Å². The first kappa shape index (κ1) is 19.7. The molecular formula is C16H16ClF3N4O2S. The van der Waals surface area contributed by atoms with E-state index >= 15 is 0 Å². The summed E-state index contributed by atoms with van der Waals surface area (Å²) in [5, 5.41) is -0.0760. The largest absolute Gasteiger partial charge is 0.417 e. The second-order valence-corrected chi connectivity index (χ2v) is 8.49. The Morgan fingerprint density at radius 2 is 1.67 bits per heavy atom. The molecule has 0 saturated carbocycles. The summed E-state index contributed by atoms with van der Waals surface area (Å²) < 4.78 is 62.1. The summed E-state index contributed by atoms with van der Waals surface area (Å²) in [4.78, 5) is 11.8. The molecule has 0 bridgehead atoms. The van der Waals surface area contributed by atoms with Crippen LogP contribution in [0, 0.1) is 0 Å². The Bertz CT molecular complexity index is 945. The fourth-order valence-electron chi connectivity index (χ4n) is 2.86. The van der Waals surface area contributed by atoms with Crippen LogP contribution in [0.5, 0.6) is 0 Å². The number of piperazine rings is 1. The average molecular weight is 421 g/mol. The van der Waals surface area contributed by atoms with E-state index < -0.39 is 21.6 Å². The van der Waals surface area contributed by atoms with Crippen molar-refractivity contribution in [3.8, 4) is 0 Å². The molecule has 2 aromatic rings. The van der Waals surface area contributed by atoms with Crippen molar-refractivity contribution in [2.75, 3.05) is 42.2 Å². The lowest BCUT2D eigenvalue weighted by Crippen LogP contribution is -2.47. The maximum atomic E-state index is 12.7. The second-order valence-electron chi connectivity index (χ2n) is 6.10. The summed E-state index contributed by atoms with van der Waals surface area (Å²) >= 11 is 6.00. The second kappa shape index (κ2) is 7.16. The highest BCUT2D eigenvalue weighted by Crippen LogP contribution is 2.34. The van der Waals surface area contributed by atoms with Gasteiger partial charge in [-0.2, -0.15) is 13.2 Å². The molecule has 0 aliphatic carbocycles. The Labute approximate surface area is 159 Å². The summed E-state index contributed by atoms with van der Waals surface area (Å²) in [6.07, 6.45) is -1.11. The van der Waals surface area contributed by atoms with Gasteiger partial charge in [-0.05, 0) is 18.2 Å². The van der Waals surface area contributed by atoms with Crippen LogP contribution in [0.3, 0.4) is 0 Å². The molecule has 3 rings (SSSR count). The van der Waals surface area contributed by atoms with Crippen molar-refractivity contribution < 1.29 is 21.6 Å². The highest BCUT2D eigenvalue weighted by molar-refractivity contribution is 7.90. The summed E-state index contributed by atoms with van der Waals surface area (Å²) in [5.41, 5.74) is -0.902. The molecular weight excluding hydrogens is 405 g/mol. The third-order valence-electron chi connectivity index (χ3n) is 4.18. The van der Waals surface area contributed by atoms with Crippen LogP contribution in [0.4, 0.5) is 24.8 Å². The maximum Gasteiger partial charge on any atom is 0.417 e. The zero-order valence-electron chi connectivity index (χ0n) is 14.2. The van der Waals surface area contributed by atoms with E-state index in [-0.39, 0.29) is 15.7 Å². The highest BCUT2D eigenvalue weighted by Gasteiger charge is 2.32. The maximum absolute atomic E-state index is 12.7. The summed E-state index contributed by atoms with van der Waals surface area (Å²) in [5.74, 6) is 0.639. The van der Waals surface area contributed by atoms with Gasteiger partial charge in [-0.15, -0.1) is 0 Å². The minimum atomic E-state index is -4.51. The van der Waals surface area contributed by atoms with Gasteiger partial charge in [0.2, 0.25) is 0 Å². The Hall–Kier alpha value is -2.07. The fourth-order valence-corrected chi connectivity index (χ4v) is 3.98.